The molecule has 126 valence electrons. The van der Waals surface area contributed by atoms with Crippen LogP contribution in [0, 0.1) is 0 Å². The van der Waals surface area contributed by atoms with E-state index >= 15 is 0 Å². The number of rotatable bonds is 3. The van der Waals surface area contributed by atoms with Crippen LogP contribution in [0.3, 0.4) is 0 Å². The zero-order valence-electron chi connectivity index (χ0n) is 14.0. The summed E-state index contributed by atoms with van der Waals surface area (Å²) < 4.78 is 0. The predicted molar refractivity (Wildman–Crippen MR) is 96.8 cm³/mol. The molecule has 2 fully saturated rings. The molecule has 0 bridgehead atoms. The second-order valence-corrected chi connectivity index (χ2v) is 6.46. The van der Waals surface area contributed by atoms with Gasteiger partial charge in [0, 0.05) is 45.5 Å². The van der Waals surface area contributed by atoms with Crippen molar-refractivity contribution in [2.24, 2.45) is 0 Å². The summed E-state index contributed by atoms with van der Waals surface area (Å²) in [5.41, 5.74) is 0. The van der Waals surface area contributed by atoms with Gasteiger partial charge in [0.25, 0.3) is 0 Å². The first-order valence-corrected chi connectivity index (χ1v) is 8.90. The molecular weight excluding hydrogens is 300 g/mol. The summed E-state index contributed by atoms with van der Waals surface area (Å²) in [7, 11) is 0. The fourth-order valence-electron chi connectivity index (χ4n) is 3.48. The molecule has 2 saturated heterocycles. The lowest BCUT2D eigenvalue weighted by molar-refractivity contribution is 0.570. The first kappa shape index (κ1) is 15.2. The molecule has 2 aliphatic rings. The van der Waals surface area contributed by atoms with Gasteiger partial charge < -0.3 is 14.7 Å². The van der Waals surface area contributed by atoms with Crippen molar-refractivity contribution in [2.75, 3.05) is 54.0 Å². The number of piperidine rings is 1. The van der Waals surface area contributed by atoms with E-state index in [9.17, 15) is 0 Å². The number of anilines is 3. The largest absolute Gasteiger partial charge is 0.355 e. The van der Waals surface area contributed by atoms with E-state index in [0.717, 1.165) is 56.7 Å². The Labute approximate surface area is 143 Å². The molecule has 0 unspecified atom stereocenters. The lowest BCUT2D eigenvalue weighted by Gasteiger charge is -2.36. The second kappa shape index (κ2) is 7.03. The molecule has 0 atom stereocenters. The van der Waals surface area contributed by atoms with Gasteiger partial charge in [-0.1, -0.05) is 6.07 Å². The molecule has 2 aromatic heterocycles. The van der Waals surface area contributed by atoms with E-state index < -0.39 is 0 Å². The Kier molecular flexibility index (Phi) is 4.44. The molecule has 2 aromatic rings. The third-order valence-electron chi connectivity index (χ3n) is 4.89. The highest BCUT2D eigenvalue weighted by atomic mass is 15.3. The van der Waals surface area contributed by atoms with Crippen LogP contribution < -0.4 is 14.7 Å². The fourth-order valence-corrected chi connectivity index (χ4v) is 3.48. The van der Waals surface area contributed by atoms with Crippen molar-refractivity contribution in [3.63, 3.8) is 0 Å². The van der Waals surface area contributed by atoms with Crippen LogP contribution in [-0.2, 0) is 0 Å². The zero-order valence-corrected chi connectivity index (χ0v) is 14.0. The van der Waals surface area contributed by atoms with Crippen molar-refractivity contribution < 1.29 is 0 Å². The molecule has 2 aliphatic heterocycles. The van der Waals surface area contributed by atoms with E-state index in [0.29, 0.717) is 0 Å². The summed E-state index contributed by atoms with van der Waals surface area (Å²) >= 11 is 0. The molecule has 0 saturated carbocycles. The minimum Gasteiger partial charge on any atom is -0.355 e. The first-order valence-electron chi connectivity index (χ1n) is 8.90. The predicted octanol–water partition coefficient (Wildman–Crippen LogP) is 2.19. The summed E-state index contributed by atoms with van der Waals surface area (Å²) in [5, 5.41) is 8.94. The Bertz CT molecular complexity index is 630. The van der Waals surface area contributed by atoms with Crippen LogP contribution >= 0.6 is 0 Å². The number of nitrogens with zero attached hydrogens (tertiary/aromatic N) is 6. The van der Waals surface area contributed by atoms with Crippen LogP contribution in [0.15, 0.2) is 36.5 Å². The van der Waals surface area contributed by atoms with E-state index in [1.165, 1.54) is 19.3 Å². The highest BCUT2D eigenvalue weighted by Crippen LogP contribution is 2.20. The number of hydrogen-bond acceptors (Lipinski definition) is 6. The first-order chi connectivity index (χ1) is 11.9. The molecule has 0 aliphatic carbocycles. The van der Waals surface area contributed by atoms with Crippen LogP contribution in [0.25, 0.3) is 0 Å². The smallest absolute Gasteiger partial charge is 0.151 e. The monoisotopic (exact) mass is 324 g/mol. The lowest BCUT2D eigenvalue weighted by Crippen LogP contribution is -2.47. The summed E-state index contributed by atoms with van der Waals surface area (Å²) in [6.07, 6.45) is 5.72. The minimum absolute atomic E-state index is 0.953. The third-order valence-corrected chi connectivity index (χ3v) is 4.89. The molecule has 4 heterocycles. The average molecular weight is 324 g/mol. The number of pyridine rings is 1. The van der Waals surface area contributed by atoms with Gasteiger partial charge in [0.15, 0.2) is 11.6 Å². The standard InChI is InChI=1S/C18H24N6/c1-4-10-22(11-5-1)17-7-8-18(21-20-17)24-14-12-23(13-15-24)16-6-2-3-9-19-16/h2-3,6-9H,1,4-5,10-15H2. The van der Waals surface area contributed by atoms with Crippen molar-refractivity contribution in [3.05, 3.63) is 36.5 Å². The van der Waals surface area contributed by atoms with E-state index in [4.69, 9.17) is 0 Å². The van der Waals surface area contributed by atoms with Crippen LogP contribution in [0.1, 0.15) is 19.3 Å². The van der Waals surface area contributed by atoms with E-state index in [1.54, 1.807) is 0 Å². The van der Waals surface area contributed by atoms with Crippen molar-refractivity contribution >= 4 is 17.5 Å². The summed E-state index contributed by atoms with van der Waals surface area (Å²) in [6.45, 7) is 6.05. The van der Waals surface area contributed by atoms with Crippen LogP contribution in [-0.4, -0.2) is 54.4 Å². The van der Waals surface area contributed by atoms with Gasteiger partial charge in [-0.15, -0.1) is 10.2 Å². The Morgan fingerprint density at radius 2 is 1.17 bits per heavy atom. The Balaban J connectivity index is 1.37. The number of hydrogen-bond donors (Lipinski definition) is 0. The van der Waals surface area contributed by atoms with Gasteiger partial charge >= 0.3 is 0 Å². The quantitative estimate of drug-likeness (QED) is 0.862. The van der Waals surface area contributed by atoms with Crippen molar-refractivity contribution in [1.82, 2.24) is 15.2 Å². The molecule has 0 aromatic carbocycles. The van der Waals surface area contributed by atoms with E-state index in [-0.39, 0.29) is 0 Å². The zero-order chi connectivity index (χ0) is 16.2. The Morgan fingerprint density at radius 1 is 0.583 bits per heavy atom. The van der Waals surface area contributed by atoms with Gasteiger partial charge in [-0.25, -0.2) is 4.98 Å². The molecule has 6 nitrogen and oxygen atoms in total. The summed E-state index contributed by atoms with van der Waals surface area (Å²) in [5.74, 6) is 3.06. The van der Waals surface area contributed by atoms with E-state index in [2.05, 4.69) is 48.1 Å². The maximum absolute atomic E-state index is 4.48. The molecule has 0 N–H and O–H groups in total. The van der Waals surface area contributed by atoms with Crippen LogP contribution in [0.2, 0.25) is 0 Å². The normalized spacial score (nSPS) is 18.8. The Hall–Kier alpha value is -2.37. The highest BCUT2D eigenvalue weighted by Gasteiger charge is 2.20. The molecule has 0 spiro atoms. The van der Waals surface area contributed by atoms with Crippen molar-refractivity contribution in [1.29, 1.82) is 0 Å². The molecular formula is C18H24N6. The third kappa shape index (κ3) is 3.27. The lowest BCUT2D eigenvalue weighted by atomic mass is 10.1. The maximum atomic E-state index is 4.48. The van der Waals surface area contributed by atoms with Gasteiger partial charge in [-0.05, 0) is 43.5 Å². The Morgan fingerprint density at radius 3 is 1.71 bits per heavy atom. The molecule has 0 amide bonds. The van der Waals surface area contributed by atoms with Crippen LogP contribution in [0.5, 0.6) is 0 Å². The molecule has 4 rings (SSSR count). The minimum atomic E-state index is 0.953. The van der Waals surface area contributed by atoms with Crippen molar-refractivity contribution in [2.45, 2.75) is 19.3 Å². The SMILES string of the molecule is c1ccc(N2CCN(c3ccc(N4CCCCC4)nn3)CC2)nc1. The van der Waals surface area contributed by atoms with E-state index in [1.807, 2.05) is 18.3 Å². The molecule has 24 heavy (non-hydrogen) atoms. The summed E-state index contributed by atoms with van der Waals surface area (Å²) in [6, 6.07) is 10.3. The number of aromatic nitrogens is 3. The topological polar surface area (TPSA) is 48.4 Å². The van der Waals surface area contributed by atoms with Gasteiger partial charge in [0.05, 0.1) is 0 Å². The molecule has 0 radical (unpaired) electrons. The average Bonchev–Trinajstić information content (AvgIpc) is 2.70. The number of piperazine rings is 1. The van der Waals surface area contributed by atoms with Gasteiger partial charge in [0.2, 0.25) is 0 Å². The van der Waals surface area contributed by atoms with Crippen molar-refractivity contribution in [3.8, 4) is 0 Å². The second-order valence-electron chi connectivity index (χ2n) is 6.46. The van der Waals surface area contributed by atoms with Gasteiger partial charge in [-0.2, -0.15) is 0 Å². The highest BCUT2D eigenvalue weighted by molar-refractivity contribution is 5.47. The van der Waals surface area contributed by atoms with Gasteiger partial charge in [0.1, 0.15) is 5.82 Å². The van der Waals surface area contributed by atoms with Gasteiger partial charge in [-0.3, -0.25) is 0 Å². The molecule has 6 heteroatoms. The van der Waals surface area contributed by atoms with Crippen LogP contribution in [0.4, 0.5) is 17.5 Å². The fraction of sp³-hybridized carbons (Fsp3) is 0.500. The summed E-state index contributed by atoms with van der Waals surface area (Å²) in [4.78, 5) is 11.4. The maximum Gasteiger partial charge on any atom is 0.151 e.